The van der Waals surface area contributed by atoms with Gasteiger partial charge in [0, 0.05) is 18.0 Å². The van der Waals surface area contributed by atoms with Crippen molar-refractivity contribution in [1.82, 2.24) is 9.97 Å². The molecule has 0 atom stereocenters. The van der Waals surface area contributed by atoms with Gasteiger partial charge in [-0.15, -0.1) is 0 Å². The fourth-order valence-electron chi connectivity index (χ4n) is 1.69. The van der Waals surface area contributed by atoms with Crippen LogP contribution in [-0.2, 0) is 6.54 Å². The molecule has 1 aromatic carbocycles. The molecule has 0 aliphatic heterocycles. The zero-order valence-corrected chi connectivity index (χ0v) is 9.70. The lowest BCUT2D eigenvalue weighted by atomic mass is 10.1. The zero-order chi connectivity index (χ0) is 11.5. The Morgan fingerprint density at radius 1 is 1.25 bits per heavy atom. The number of aromatic nitrogens is 2. The number of nitrogens with two attached hydrogens (primary N) is 1. The second kappa shape index (κ2) is 4.49. The van der Waals surface area contributed by atoms with Crippen molar-refractivity contribution in [1.29, 1.82) is 0 Å². The molecule has 0 radical (unpaired) electrons. The number of nitrogens with zero attached hydrogens (tertiary/aromatic N) is 1. The molecular formula is C13H17N3. The van der Waals surface area contributed by atoms with E-state index in [0.29, 0.717) is 12.5 Å². The normalized spacial score (nSPS) is 11.0. The van der Waals surface area contributed by atoms with Gasteiger partial charge in [-0.3, -0.25) is 0 Å². The topological polar surface area (TPSA) is 54.7 Å². The molecule has 0 saturated heterocycles. The number of benzene rings is 1. The molecule has 0 fully saturated rings. The number of hydrogen-bond acceptors (Lipinski definition) is 2. The summed E-state index contributed by atoms with van der Waals surface area (Å²) in [6.45, 7) is 4.73. The average Bonchev–Trinajstić information content (AvgIpc) is 2.74. The van der Waals surface area contributed by atoms with Crippen molar-refractivity contribution in [3.05, 3.63) is 41.9 Å². The third-order valence-electron chi connectivity index (χ3n) is 2.60. The lowest BCUT2D eigenvalue weighted by Crippen LogP contribution is -1.99. The largest absolute Gasteiger partial charge is 0.344 e. The van der Waals surface area contributed by atoms with Gasteiger partial charge in [-0.1, -0.05) is 44.2 Å². The van der Waals surface area contributed by atoms with Gasteiger partial charge >= 0.3 is 0 Å². The highest BCUT2D eigenvalue weighted by molar-refractivity contribution is 5.62. The molecule has 0 bridgehead atoms. The first-order valence-electron chi connectivity index (χ1n) is 5.56. The predicted molar refractivity (Wildman–Crippen MR) is 66.0 cm³/mol. The lowest BCUT2D eigenvalue weighted by molar-refractivity contribution is 0.788. The number of H-pyrrole nitrogens is 1. The molecule has 0 amide bonds. The standard InChI is InChI=1S/C13H17N3/c1-9(2)13-15-11(8-14)12(16-13)10-6-4-3-5-7-10/h3-7,9H,8,14H2,1-2H3,(H,15,16). The van der Waals surface area contributed by atoms with Crippen molar-refractivity contribution in [3.63, 3.8) is 0 Å². The number of rotatable bonds is 3. The molecule has 0 unspecified atom stereocenters. The number of aromatic amines is 1. The van der Waals surface area contributed by atoms with Crippen LogP contribution in [0, 0.1) is 0 Å². The Labute approximate surface area is 95.7 Å². The number of hydrogen-bond donors (Lipinski definition) is 2. The van der Waals surface area contributed by atoms with Gasteiger partial charge in [-0.2, -0.15) is 0 Å². The third kappa shape index (κ3) is 1.99. The van der Waals surface area contributed by atoms with Crippen molar-refractivity contribution in [3.8, 4) is 11.3 Å². The maximum atomic E-state index is 5.73. The second-order valence-corrected chi connectivity index (χ2v) is 4.17. The molecule has 1 heterocycles. The minimum atomic E-state index is 0.391. The molecule has 0 aliphatic rings. The summed E-state index contributed by atoms with van der Waals surface area (Å²) in [5.41, 5.74) is 8.83. The molecule has 3 nitrogen and oxygen atoms in total. The lowest BCUT2D eigenvalue weighted by Gasteiger charge is -1.98. The molecule has 2 aromatic rings. The van der Waals surface area contributed by atoms with Crippen LogP contribution in [0.5, 0.6) is 0 Å². The highest BCUT2D eigenvalue weighted by Crippen LogP contribution is 2.23. The van der Waals surface area contributed by atoms with Gasteiger partial charge in [0.1, 0.15) is 5.82 Å². The van der Waals surface area contributed by atoms with Crippen LogP contribution in [0.2, 0.25) is 0 Å². The Balaban J connectivity index is 2.48. The third-order valence-corrected chi connectivity index (χ3v) is 2.60. The highest BCUT2D eigenvalue weighted by atomic mass is 15.0. The van der Waals surface area contributed by atoms with Crippen LogP contribution in [0.15, 0.2) is 30.3 Å². The number of nitrogens with one attached hydrogen (secondary N) is 1. The first-order chi connectivity index (χ1) is 7.72. The minimum absolute atomic E-state index is 0.391. The first-order valence-corrected chi connectivity index (χ1v) is 5.56. The van der Waals surface area contributed by atoms with E-state index in [1.807, 2.05) is 18.2 Å². The Morgan fingerprint density at radius 3 is 2.50 bits per heavy atom. The maximum Gasteiger partial charge on any atom is 0.109 e. The molecule has 1 aromatic heterocycles. The summed E-state index contributed by atoms with van der Waals surface area (Å²) in [6.07, 6.45) is 0. The van der Waals surface area contributed by atoms with Gasteiger partial charge in [-0.05, 0) is 0 Å². The molecule has 16 heavy (non-hydrogen) atoms. The fourth-order valence-corrected chi connectivity index (χ4v) is 1.69. The van der Waals surface area contributed by atoms with Crippen LogP contribution in [0.4, 0.5) is 0 Å². The van der Waals surface area contributed by atoms with E-state index in [0.717, 1.165) is 22.8 Å². The zero-order valence-electron chi connectivity index (χ0n) is 9.70. The molecule has 0 saturated carbocycles. The Kier molecular flexibility index (Phi) is 3.06. The van der Waals surface area contributed by atoms with E-state index in [-0.39, 0.29) is 0 Å². The van der Waals surface area contributed by atoms with Gasteiger partial charge in [0.2, 0.25) is 0 Å². The average molecular weight is 215 g/mol. The van der Waals surface area contributed by atoms with Crippen molar-refractivity contribution in [2.45, 2.75) is 26.3 Å². The summed E-state index contributed by atoms with van der Waals surface area (Å²) in [4.78, 5) is 7.91. The van der Waals surface area contributed by atoms with Crippen molar-refractivity contribution < 1.29 is 0 Å². The van der Waals surface area contributed by atoms with Crippen molar-refractivity contribution >= 4 is 0 Å². The van der Waals surface area contributed by atoms with Crippen molar-refractivity contribution in [2.24, 2.45) is 5.73 Å². The Morgan fingerprint density at radius 2 is 1.94 bits per heavy atom. The molecule has 84 valence electrons. The summed E-state index contributed by atoms with van der Waals surface area (Å²) in [5, 5.41) is 0. The van der Waals surface area contributed by atoms with Crippen molar-refractivity contribution in [2.75, 3.05) is 0 Å². The van der Waals surface area contributed by atoms with Gasteiger partial charge < -0.3 is 10.7 Å². The summed E-state index contributed by atoms with van der Waals surface area (Å²) in [6, 6.07) is 10.1. The molecule has 0 spiro atoms. The van der Waals surface area contributed by atoms with Crippen LogP contribution in [0.3, 0.4) is 0 Å². The van der Waals surface area contributed by atoms with Crippen LogP contribution in [-0.4, -0.2) is 9.97 Å². The van der Waals surface area contributed by atoms with E-state index in [1.165, 1.54) is 0 Å². The Hall–Kier alpha value is -1.61. The molecule has 0 aliphatic carbocycles. The smallest absolute Gasteiger partial charge is 0.109 e. The van der Waals surface area contributed by atoms with Gasteiger partial charge in [0.05, 0.1) is 11.4 Å². The monoisotopic (exact) mass is 215 g/mol. The molecule has 3 N–H and O–H groups in total. The fraction of sp³-hybridized carbons (Fsp3) is 0.308. The van der Waals surface area contributed by atoms with Gasteiger partial charge in [-0.25, -0.2) is 4.98 Å². The molecular weight excluding hydrogens is 198 g/mol. The molecule has 2 rings (SSSR count). The van der Waals surface area contributed by atoms with E-state index >= 15 is 0 Å². The van der Waals surface area contributed by atoms with E-state index in [9.17, 15) is 0 Å². The summed E-state index contributed by atoms with van der Waals surface area (Å²) in [5.74, 6) is 1.39. The summed E-state index contributed by atoms with van der Waals surface area (Å²) in [7, 11) is 0. The predicted octanol–water partition coefficient (Wildman–Crippen LogP) is 2.66. The van der Waals surface area contributed by atoms with Gasteiger partial charge in [0.15, 0.2) is 0 Å². The van der Waals surface area contributed by atoms with E-state index in [4.69, 9.17) is 5.73 Å². The SMILES string of the molecule is CC(C)c1nc(-c2ccccc2)c(CN)[nH]1. The second-order valence-electron chi connectivity index (χ2n) is 4.17. The summed E-state index contributed by atoms with van der Waals surface area (Å²) >= 11 is 0. The Bertz CT molecular complexity index is 457. The molecule has 3 heteroatoms. The van der Waals surface area contributed by atoms with Crippen LogP contribution >= 0.6 is 0 Å². The van der Waals surface area contributed by atoms with Gasteiger partial charge in [0.25, 0.3) is 0 Å². The quantitative estimate of drug-likeness (QED) is 0.827. The van der Waals surface area contributed by atoms with Crippen LogP contribution < -0.4 is 5.73 Å². The number of imidazole rings is 1. The van der Waals surface area contributed by atoms with Crippen LogP contribution in [0.1, 0.15) is 31.3 Å². The van der Waals surface area contributed by atoms with E-state index in [1.54, 1.807) is 0 Å². The van der Waals surface area contributed by atoms with Crippen LogP contribution in [0.25, 0.3) is 11.3 Å². The first kappa shape index (κ1) is 10.9. The minimum Gasteiger partial charge on any atom is -0.344 e. The van der Waals surface area contributed by atoms with E-state index in [2.05, 4.69) is 35.9 Å². The van der Waals surface area contributed by atoms with E-state index < -0.39 is 0 Å². The maximum absolute atomic E-state index is 5.73. The highest BCUT2D eigenvalue weighted by Gasteiger charge is 2.12. The summed E-state index contributed by atoms with van der Waals surface area (Å²) < 4.78 is 0.